The summed E-state index contributed by atoms with van der Waals surface area (Å²) in [6.07, 6.45) is 2.17. The van der Waals surface area contributed by atoms with Gasteiger partial charge in [-0.05, 0) is 43.0 Å². The van der Waals surface area contributed by atoms with Crippen molar-refractivity contribution in [3.63, 3.8) is 0 Å². The molecule has 0 aliphatic heterocycles. The van der Waals surface area contributed by atoms with Crippen molar-refractivity contribution >= 4 is 23.3 Å². The zero-order valence-corrected chi connectivity index (χ0v) is 12.9. The van der Waals surface area contributed by atoms with E-state index in [4.69, 9.17) is 4.74 Å². The molecular formula is C17H21NO4. The molecule has 2 rings (SSSR count). The van der Waals surface area contributed by atoms with Crippen LogP contribution in [0.1, 0.15) is 43.5 Å². The molecule has 22 heavy (non-hydrogen) atoms. The van der Waals surface area contributed by atoms with Crippen LogP contribution in [0.25, 0.3) is 0 Å². The maximum atomic E-state index is 11.9. The first-order chi connectivity index (χ1) is 10.5. The third kappa shape index (κ3) is 4.98. The highest BCUT2D eigenvalue weighted by atomic mass is 16.5. The first-order valence-corrected chi connectivity index (χ1v) is 7.55. The molecule has 0 bridgehead atoms. The molecule has 1 aliphatic carbocycles. The van der Waals surface area contributed by atoms with Crippen LogP contribution < -0.4 is 5.32 Å². The minimum atomic E-state index is -0.286. The molecular weight excluding hydrogens is 282 g/mol. The van der Waals surface area contributed by atoms with Gasteiger partial charge in [0.05, 0.1) is 5.92 Å². The number of ether oxygens (including phenoxy) is 1. The number of esters is 1. The molecule has 0 saturated heterocycles. The minimum Gasteiger partial charge on any atom is -0.457 e. The number of nitrogens with one attached hydrogen (secondary N) is 1. The predicted molar refractivity (Wildman–Crippen MR) is 82.5 cm³/mol. The van der Waals surface area contributed by atoms with E-state index in [1.807, 2.05) is 13.8 Å². The fourth-order valence-corrected chi connectivity index (χ4v) is 1.98. The zero-order valence-electron chi connectivity index (χ0n) is 12.9. The van der Waals surface area contributed by atoms with Gasteiger partial charge in [0.1, 0.15) is 0 Å². The minimum absolute atomic E-state index is 0.00801. The van der Waals surface area contributed by atoms with E-state index in [0.29, 0.717) is 23.6 Å². The fraction of sp³-hybridized carbons (Fsp3) is 0.471. The monoisotopic (exact) mass is 303 g/mol. The number of benzene rings is 1. The van der Waals surface area contributed by atoms with E-state index < -0.39 is 0 Å². The topological polar surface area (TPSA) is 72.5 Å². The van der Waals surface area contributed by atoms with E-state index in [2.05, 4.69) is 5.32 Å². The lowest BCUT2D eigenvalue weighted by Gasteiger charge is -2.08. The zero-order chi connectivity index (χ0) is 16.1. The van der Waals surface area contributed by atoms with Crippen molar-refractivity contribution in [1.29, 1.82) is 0 Å². The van der Waals surface area contributed by atoms with Crippen molar-refractivity contribution in [1.82, 2.24) is 0 Å². The second-order valence-corrected chi connectivity index (χ2v) is 6.03. The van der Waals surface area contributed by atoms with Gasteiger partial charge in [-0.25, -0.2) is 0 Å². The van der Waals surface area contributed by atoms with Gasteiger partial charge < -0.3 is 10.1 Å². The van der Waals surface area contributed by atoms with Crippen LogP contribution in [0.4, 0.5) is 5.69 Å². The van der Waals surface area contributed by atoms with Crippen LogP contribution in [-0.2, 0) is 14.3 Å². The molecule has 0 unspecified atom stereocenters. The molecule has 5 nitrogen and oxygen atoms in total. The highest BCUT2D eigenvalue weighted by Gasteiger charge is 2.31. The maximum Gasteiger partial charge on any atom is 0.309 e. The van der Waals surface area contributed by atoms with Gasteiger partial charge in [-0.1, -0.05) is 13.8 Å². The summed E-state index contributed by atoms with van der Waals surface area (Å²) in [5.41, 5.74) is 1.11. The summed E-state index contributed by atoms with van der Waals surface area (Å²) in [7, 11) is 0. The number of rotatable bonds is 7. The Hall–Kier alpha value is -2.17. The average molecular weight is 303 g/mol. The van der Waals surface area contributed by atoms with Crippen molar-refractivity contribution in [2.45, 2.75) is 33.1 Å². The van der Waals surface area contributed by atoms with Crippen molar-refractivity contribution in [3.8, 4) is 0 Å². The Kier molecular flexibility index (Phi) is 5.31. The normalized spacial score (nSPS) is 13.8. The third-order valence-corrected chi connectivity index (χ3v) is 3.34. The van der Waals surface area contributed by atoms with Gasteiger partial charge in [-0.15, -0.1) is 0 Å². The Morgan fingerprint density at radius 1 is 1.18 bits per heavy atom. The second-order valence-electron chi connectivity index (χ2n) is 6.03. The van der Waals surface area contributed by atoms with E-state index in [1.165, 1.54) is 0 Å². The van der Waals surface area contributed by atoms with E-state index in [9.17, 15) is 14.4 Å². The van der Waals surface area contributed by atoms with Crippen LogP contribution in [0.15, 0.2) is 24.3 Å². The van der Waals surface area contributed by atoms with E-state index >= 15 is 0 Å². The van der Waals surface area contributed by atoms with Gasteiger partial charge in [-0.3, -0.25) is 14.4 Å². The molecule has 1 aromatic carbocycles. The Morgan fingerprint density at radius 3 is 2.36 bits per heavy atom. The van der Waals surface area contributed by atoms with Crippen LogP contribution in [0, 0.1) is 11.8 Å². The number of carbonyl (C=O) groups is 3. The van der Waals surface area contributed by atoms with Gasteiger partial charge in [0, 0.05) is 17.7 Å². The summed E-state index contributed by atoms with van der Waals surface area (Å²) in [6, 6.07) is 6.60. The summed E-state index contributed by atoms with van der Waals surface area (Å²) in [4.78, 5) is 34.9. The smallest absolute Gasteiger partial charge is 0.309 e. The SMILES string of the molecule is CC(C)CC(=O)Nc1ccc(C(=O)COC(=O)C2CC2)cc1. The first kappa shape index (κ1) is 16.2. The molecule has 1 aromatic rings. The van der Waals surface area contributed by atoms with Crippen LogP contribution in [0.2, 0.25) is 0 Å². The number of ketones is 1. The first-order valence-electron chi connectivity index (χ1n) is 7.55. The van der Waals surface area contributed by atoms with E-state index in [-0.39, 0.29) is 30.2 Å². The average Bonchev–Trinajstić information content (AvgIpc) is 3.28. The fourth-order valence-electron chi connectivity index (χ4n) is 1.98. The molecule has 0 heterocycles. The number of hydrogen-bond donors (Lipinski definition) is 1. The number of Topliss-reactive ketones (excluding diaryl/α,β-unsaturated/α-hetero) is 1. The molecule has 1 saturated carbocycles. The molecule has 0 radical (unpaired) electrons. The summed E-state index contributed by atoms with van der Waals surface area (Å²) < 4.78 is 4.96. The molecule has 0 aromatic heterocycles. The number of anilines is 1. The summed E-state index contributed by atoms with van der Waals surface area (Å²) in [6.45, 7) is 3.73. The second kappa shape index (κ2) is 7.20. The lowest BCUT2D eigenvalue weighted by Crippen LogP contribution is -2.16. The van der Waals surface area contributed by atoms with Crippen LogP contribution in [0.3, 0.4) is 0 Å². The molecule has 1 N–H and O–H groups in total. The van der Waals surface area contributed by atoms with Crippen molar-refractivity contribution in [2.75, 3.05) is 11.9 Å². The van der Waals surface area contributed by atoms with Gasteiger partial charge in [0.15, 0.2) is 12.4 Å². The van der Waals surface area contributed by atoms with Crippen molar-refractivity contribution in [3.05, 3.63) is 29.8 Å². The molecule has 1 aliphatic rings. The summed E-state index contributed by atoms with van der Waals surface area (Å²) >= 11 is 0. The molecule has 5 heteroatoms. The number of amides is 1. The van der Waals surface area contributed by atoms with E-state index in [0.717, 1.165) is 12.8 Å². The standard InChI is InChI=1S/C17H21NO4/c1-11(2)9-16(20)18-14-7-5-12(6-8-14)15(19)10-22-17(21)13-3-4-13/h5-8,11,13H,3-4,9-10H2,1-2H3,(H,18,20). The Balaban J connectivity index is 1.83. The number of carbonyl (C=O) groups excluding carboxylic acids is 3. The Bertz CT molecular complexity index is 559. The van der Waals surface area contributed by atoms with Gasteiger partial charge >= 0.3 is 5.97 Å². The van der Waals surface area contributed by atoms with E-state index in [1.54, 1.807) is 24.3 Å². The van der Waals surface area contributed by atoms with Crippen molar-refractivity contribution in [2.24, 2.45) is 11.8 Å². The molecule has 1 fully saturated rings. The van der Waals surface area contributed by atoms with Gasteiger partial charge in [0.2, 0.25) is 5.91 Å². The molecule has 0 spiro atoms. The van der Waals surface area contributed by atoms with Crippen molar-refractivity contribution < 1.29 is 19.1 Å². The highest BCUT2D eigenvalue weighted by Crippen LogP contribution is 2.30. The van der Waals surface area contributed by atoms with Crippen LogP contribution in [0.5, 0.6) is 0 Å². The highest BCUT2D eigenvalue weighted by molar-refractivity contribution is 5.99. The quantitative estimate of drug-likeness (QED) is 0.621. The molecule has 0 atom stereocenters. The summed E-state index contributed by atoms with van der Waals surface area (Å²) in [5.74, 6) is -0.291. The van der Waals surface area contributed by atoms with Gasteiger partial charge in [-0.2, -0.15) is 0 Å². The predicted octanol–water partition coefficient (Wildman–Crippen LogP) is 2.81. The Morgan fingerprint density at radius 2 is 1.82 bits per heavy atom. The maximum absolute atomic E-state index is 11.9. The largest absolute Gasteiger partial charge is 0.457 e. The molecule has 1 amide bonds. The lowest BCUT2D eigenvalue weighted by atomic mass is 10.1. The van der Waals surface area contributed by atoms with Crippen LogP contribution in [-0.4, -0.2) is 24.3 Å². The van der Waals surface area contributed by atoms with Crippen LogP contribution >= 0.6 is 0 Å². The lowest BCUT2D eigenvalue weighted by molar-refractivity contribution is -0.144. The summed E-state index contributed by atoms with van der Waals surface area (Å²) in [5, 5.41) is 2.78. The van der Waals surface area contributed by atoms with Gasteiger partial charge in [0.25, 0.3) is 0 Å². The molecule has 118 valence electrons. The number of hydrogen-bond acceptors (Lipinski definition) is 4. The Labute approximate surface area is 130 Å². The third-order valence-electron chi connectivity index (χ3n) is 3.34.